The number of carbonyl (C=O) groups is 1. The minimum atomic E-state index is -1.14. The Morgan fingerprint density at radius 1 is 1.55 bits per heavy atom. The van der Waals surface area contributed by atoms with Crippen molar-refractivity contribution in [3.05, 3.63) is 23.1 Å². The highest BCUT2D eigenvalue weighted by atomic mass is 16.5. The van der Waals surface area contributed by atoms with Crippen molar-refractivity contribution >= 4 is 5.97 Å². The number of hydrogen-bond donors (Lipinski definition) is 1. The van der Waals surface area contributed by atoms with E-state index in [0.717, 1.165) is 12.8 Å². The Bertz CT molecular complexity index is 631. The highest BCUT2D eigenvalue weighted by Crippen LogP contribution is 2.38. The highest BCUT2D eigenvalue weighted by molar-refractivity contribution is 5.86. The number of rotatable bonds is 6. The molecule has 1 saturated carbocycles. The summed E-state index contributed by atoms with van der Waals surface area (Å²) in [6, 6.07) is 0. The molecule has 0 saturated heterocycles. The number of carboxylic acid groups (broad SMARTS) is 1. The minimum absolute atomic E-state index is 0.0992. The third-order valence-electron chi connectivity index (χ3n) is 3.02. The van der Waals surface area contributed by atoms with Crippen LogP contribution in [0, 0.1) is 0 Å². The molecule has 1 N–H and O–H groups in total. The lowest BCUT2D eigenvalue weighted by Crippen LogP contribution is -2.11. The van der Waals surface area contributed by atoms with Gasteiger partial charge >= 0.3 is 5.97 Å². The van der Waals surface area contributed by atoms with E-state index in [2.05, 4.69) is 20.5 Å². The number of carboxylic acids is 1. The van der Waals surface area contributed by atoms with Crippen molar-refractivity contribution in [3.8, 4) is 0 Å². The maximum atomic E-state index is 11.0. The molecule has 20 heavy (non-hydrogen) atoms. The summed E-state index contributed by atoms with van der Waals surface area (Å²) in [4.78, 5) is 15.3. The molecule has 9 heteroatoms. The van der Waals surface area contributed by atoms with Gasteiger partial charge < -0.3 is 14.4 Å². The smallest absolute Gasteiger partial charge is 0.358 e. The molecule has 3 rings (SSSR count). The molecule has 0 aliphatic heterocycles. The molecule has 1 aliphatic carbocycles. The normalized spacial score (nSPS) is 14.7. The number of aromatic nitrogens is 5. The predicted molar refractivity (Wildman–Crippen MR) is 63.1 cm³/mol. The van der Waals surface area contributed by atoms with Crippen LogP contribution < -0.4 is 0 Å². The van der Waals surface area contributed by atoms with Crippen LogP contribution in [0.4, 0.5) is 0 Å². The van der Waals surface area contributed by atoms with Crippen molar-refractivity contribution in [3.63, 3.8) is 0 Å². The van der Waals surface area contributed by atoms with Crippen molar-refractivity contribution in [2.75, 3.05) is 7.11 Å². The van der Waals surface area contributed by atoms with Gasteiger partial charge in [-0.15, -0.1) is 5.10 Å². The average Bonchev–Trinajstić information content (AvgIpc) is 3.04. The Kier molecular flexibility index (Phi) is 3.18. The summed E-state index contributed by atoms with van der Waals surface area (Å²) in [6.45, 7) is 0.303. The van der Waals surface area contributed by atoms with Crippen molar-refractivity contribution in [1.29, 1.82) is 0 Å². The lowest BCUT2D eigenvalue weighted by Gasteiger charge is -2.03. The van der Waals surface area contributed by atoms with Gasteiger partial charge in [-0.2, -0.15) is 4.98 Å². The Hall–Kier alpha value is -2.29. The van der Waals surface area contributed by atoms with Crippen LogP contribution >= 0.6 is 0 Å². The van der Waals surface area contributed by atoms with E-state index in [0.29, 0.717) is 23.3 Å². The molecule has 106 valence electrons. The molecule has 0 radical (unpaired) electrons. The van der Waals surface area contributed by atoms with Gasteiger partial charge in [0.25, 0.3) is 0 Å². The molecule has 0 atom stereocenters. The molecule has 1 aliphatic rings. The van der Waals surface area contributed by atoms with E-state index >= 15 is 0 Å². The van der Waals surface area contributed by atoms with Crippen molar-refractivity contribution in [2.45, 2.75) is 31.9 Å². The first-order chi connectivity index (χ1) is 9.69. The molecule has 1 fully saturated rings. The topological polar surface area (TPSA) is 116 Å². The van der Waals surface area contributed by atoms with E-state index in [1.54, 1.807) is 0 Å². The van der Waals surface area contributed by atoms with Gasteiger partial charge in [0.05, 0.1) is 12.3 Å². The molecule has 2 aromatic heterocycles. The van der Waals surface area contributed by atoms with Crippen LogP contribution in [0.1, 0.15) is 46.7 Å². The molecule has 0 aromatic carbocycles. The summed E-state index contributed by atoms with van der Waals surface area (Å²) >= 11 is 0. The molecular formula is C11H13N5O4. The molecule has 2 aromatic rings. The first kappa shape index (κ1) is 12.7. The predicted octanol–water partition coefficient (Wildman–Crippen LogP) is 0.431. The third kappa shape index (κ3) is 2.39. The molecule has 0 unspecified atom stereocenters. The standard InChI is InChI=1S/C11H13N5O4/c1-19-5-7-9(11(17)18)13-15-16(7)4-8-12-10(20-14-8)6-2-3-6/h6H,2-5H2,1H3,(H,17,18). The van der Waals surface area contributed by atoms with Crippen molar-refractivity contribution in [1.82, 2.24) is 25.1 Å². The van der Waals surface area contributed by atoms with Gasteiger partial charge in [-0.1, -0.05) is 10.4 Å². The van der Waals surface area contributed by atoms with Crippen molar-refractivity contribution < 1.29 is 19.2 Å². The summed E-state index contributed by atoms with van der Waals surface area (Å²) in [5.74, 6) is 0.313. The minimum Gasteiger partial charge on any atom is -0.476 e. The van der Waals surface area contributed by atoms with Gasteiger partial charge in [0.2, 0.25) is 5.89 Å². The molecule has 2 heterocycles. The number of ether oxygens (including phenoxy) is 1. The zero-order valence-electron chi connectivity index (χ0n) is 10.8. The van der Waals surface area contributed by atoms with E-state index in [-0.39, 0.29) is 18.8 Å². The zero-order valence-corrected chi connectivity index (χ0v) is 10.8. The summed E-state index contributed by atoms with van der Waals surface area (Å²) in [7, 11) is 1.47. The van der Waals surface area contributed by atoms with E-state index in [4.69, 9.17) is 14.4 Å². The van der Waals surface area contributed by atoms with E-state index < -0.39 is 5.97 Å². The second kappa shape index (κ2) is 5.00. The number of hydrogen-bond acceptors (Lipinski definition) is 7. The van der Waals surface area contributed by atoms with Crippen LogP contribution in [-0.4, -0.2) is 43.3 Å². The van der Waals surface area contributed by atoms with Gasteiger partial charge in [0.1, 0.15) is 6.54 Å². The van der Waals surface area contributed by atoms with Crippen LogP contribution in [0.25, 0.3) is 0 Å². The maximum absolute atomic E-state index is 11.0. The summed E-state index contributed by atoms with van der Waals surface area (Å²) < 4.78 is 11.5. The fourth-order valence-electron chi connectivity index (χ4n) is 1.87. The molecule has 0 amide bonds. The second-order valence-electron chi connectivity index (χ2n) is 4.60. The fraction of sp³-hybridized carbons (Fsp3) is 0.545. The lowest BCUT2D eigenvalue weighted by molar-refractivity contribution is 0.0684. The summed E-state index contributed by atoms with van der Waals surface area (Å²) in [6.07, 6.45) is 2.14. The average molecular weight is 279 g/mol. The second-order valence-corrected chi connectivity index (χ2v) is 4.60. The Morgan fingerprint density at radius 3 is 3.00 bits per heavy atom. The molecule has 9 nitrogen and oxygen atoms in total. The van der Waals surface area contributed by atoms with Gasteiger partial charge in [0, 0.05) is 13.0 Å². The number of methoxy groups -OCH3 is 1. The van der Waals surface area contributed by atoms with Crippen LogP contribution in [0.5, 0.6) is 0 Å². The Morgan fingerprint density at radius 2 is 2.35 bits per heavy atom. The van der Waals surface area contributed by atoms with Gasteiger partial charge in [0.15, 0.2) is 11.5 Å². The van der Waals surface area contributed by atoms with E-state index in [1.807, 2.05) is 0 Å². The number of aromatic carboxylic acids is 1. The Labute approximate surface area is 113 Å². The largest absolute Gasteiger partial charge is 0.476 e. The Balaban J connectivity index is 1.83. The third-order valence-corrected chi connectivity index (χ3v) is 3.02. The molecule has 0 spiro atoms. The van der Waals surface area contributed by atoms with Crippen LogP contribution in [0.2, 0.25) is 0 Å². The quantitative estimate of drug-likeness (QED) is 0.809. The van der Waals surface area contributed by atoms with Gasteiger partial charge in [-0.05, 0) is 12.8 Å². The number of nitrogens with zero attached hydrogens (tertiary/aromatic N) is 5. The highest BCUT2D eigenvalue weighted by Gasteiger charge is 2.30. The van der Waals surface area contributed by atoms with E-state index in [1.165, 1.54) is 11.8 Å². The van der Waals surface area contributed by atoms with E-state index in [9.17, 15) is 4.79 Å². The lowest BCUT2D eigenvalue weighted by atomic mass is 10.3. The summed E-state index contributed by atoms with van der Waals surface area (Å²) in [5, 5.41) is 20.3. The monoisotopic (exact) mass is 279 g/mol. The van der Waals surface area contributed by atoms with Crippen LogP contribution in [-0.2, 0) is 17.9 Å². The molecular weight excluding hydrogens is 266 g/mol. The zero-order chi connectivity index (χ0) is 14.1. The van der Waals surface area contributed by atoms with Gasteiger partial charge in [-0.25, -0.2) is 9.48 Å². The molecule has 0 bridgehead atoms. The van der Waals surface area contributed by atoms with Crippen LogP contribution in [0.15, 0.2) is 4.52 Å². The van der Waals surface area contributed by atoms with Crippen LogP contribution in [0.3, 0.4) is 0 Å². The fourth-order valence-corrected chi connectivity index (χ4v) is 1.87. The maximum Gasteiger partial charge on any atom is 0.358 e. The van der Waals surface area contributed by atoms with Gasteiger partial charge in [-0.3, -0.25) is 0 Å². The first-order valence-electron chi connectivity index (χ1n) is 6.16. The SMILES string of the molecule is COCc1c(C(=O)O)nnn1Cc1noc(C2CC2)n1. The summed E-state index contributed by atoms with van der Waals surface area (Å²) in [5.41, 5.74) is 0.246. The van der Waals surface area contributed by atoms with Crippen molar-refractivity contribution in [2.24, 2.45) is 0 Å². The first-order valence-corrected chi connectivity index (χ1v) is 6.16.